The number of carbonyl (C=O) groups is 1. The number of benzene rings is 1. The van der Waals surface area contributed by atoms with Gasteiger partial charge in [0.15, 0.2) is 0 Å². The first kappa shape index (κ1) is 25.8. The zero-order valence-corrected chi connectivity index (χ0v) is 20.1. The minimum absolute atomic E-state index is 0.0407. The average molecular weight is 498 g/mol. The Labute approximate surface area is 197 Å². The fraction of sp³-hybridized carbons (Fsp3) is 0.478. The van der Waals surface area contributed by atoms with Gasteiger partial charge in [-0.25, -0.2) is 13.6 Å². The Morgan fingerprint density at radius 3 is 2.38 bits per heavy atom. The van der Waals surface area contributed by atoms with Gasteiger partial charge in [-0.1, -0.05) is 38.1 Å². The second-order valence-corrected chi connectivity index (χ2v) is 10.5. The number of anilines is 1. The van der Waals surface area contributed by atoms with Crippen LogP contribution in [-0.4, -0.2) is 38.3 Å². The Bertz CT molecular complexity index is 1130. The van der Waals surface area contributed by atoms with Crippen LogP contribution in [0.2, 0.25) is 0 Å². The lowest BCUT2D eigenvalue weighted by Crippen LogP contribution is -2.47. The second-order valence-electron chi connectivity index (χ2n) is 8.65. The number of halogens is 2. The van der Waals surface area contributed by atoms with E-state index < -0.39 is 39.1 Å². The number of hydrogen-bond donors (Lipinski definition) is 2. The van der Waals surface area contributed by atoms with Crippen molar-refractivity contribution in [1.29, 1.82) is 0 Å². The van der Waals surface area contributed by atoms with E-state index in [1.165, 1.54) is 19.2 Å². The number of nitrogens with zero attached hydrogens (tertiary/aromatic N) is 1. The molecule has 2 aromatic rings. The van der Waals surface area contributed by atoms with E-state index in [0.29, 0.717) is 0 Å². The normalized spacial score (nSPS) is 20.9. The number of carbonyl (C=O) groups excluding carboxylic acids is 1. The predicted octanol–water partition coefficient (Wildman–Crippen LogP) is 3.92. The Hall–Kier alpha value is -2.79. The van der Waals surface area contributed by atoms with Crippen molar-refractivity contribution in [3.63, 3.8) is 0 Å². The van der Waals surface area contributed by atoms with E-state index >= 15 is 0 Å². The van der Waals surface area contributed by atoms with Crippen LogP contribution in [0.15, 0.2) is 36.4 Å². The molecule has 1 aliphatic rings. The van der Waals surface area contributed by atoms with Crippen molar-refractivity contribution in [2.24, 2.45) is 5.14 Å². The summed E-state index contributed by atoms with van der Waals surface area (Å²) in [7, 11) is -2.43. The number of alkyl halides is 2. The molecule has 0 aliphatic heterocycles. The molecule has 1 saturated carbocycles. The van der Waals surface area contributed by atoms with E-state index in [2.05, 4.69) is 15.0 Å². The molecule has 0 bridgehead atoms. The summed E-state index contributed by atoms with van der Waals surface area (Å²) in [4.78, 5) is 17.7. The molecule has 34 heavy (non-hydrogen) atoms. The number of hydrogen-bond acceptors (Lipinski definition) is 6. The average Bonchev–Trinajstić information content (AvgIpc) is 2.79. The number of nitrogens with two attached hydrogens (primary N) is 1. The molecule has 0 spiro atoms. The first-order valence-electron chi connectivity index (χ1n) is 10.9. The van der Waals surface area contributed by atoms with E-state index in [-0.39, 0.29) is 43.2 Å². The van der Waals surface area contributed by atoms with Crippen molar-refractivity contribution in [2.75, 3.05) is 12.4 Å². The van der Waals surface area contributed by atoms with E-state index in [0.717, 1.165) is 11.1 Å². The molecule has 1 fully saturated rings. The number of nitrogens with one attached hydrogen (secondary N) is 1. The molecule has 3 N–H and O–H groups in total. The summed E-state index contributed by atoms with van der Waals surface area (Å²) in [6.07, 6.45) is 0.830. The third-order valence-corrected chi connectivity index (χ3v) is 7.68. The summed E-state index contributed by atoms with van der Waals surface area (Å²) in [5.41, 5.74) is 0.585. The minimum atomic E-state index is -3.76. The van der Waals surface area contributed by atoms with Gasteiger partial charge < -0.3 is 14.8 Å². The van der Waals surface area contributed by atoms with Crippen molar-refractivity contribution >= 4 is 21.6 Å². The molecule has 0 radical (unpaired) electrons. The molecule has 1 aliphatic carbocycles. The third-order valence-electron chi connectivity index (χ3n) is 6.28. The van der Waals surface area contributed by atoms with Crippen LogP contribution >= 0.6 is 0 Å². The van der Waals surface area contributed by atoms with Crippen molar-refractivity contribution in [3.8, 4) is 11.8 Å². The maximum atomic E-state index is 13.8. The second kappa shape index (κ2) is 10.2. The highest BCUT2D eigenvalue weighted by Gasteiger charge is 2.46. The van der Waals surface area contributed by atoms with Crippen molar-refractivity contribution in [3.05, 3.63) is 47.5 Å². The zero-order chi connectivity index (χ0) is 25.1. The Kier molecular flexibility index (Phi) is 7.77. The van der Waals surface area contributed by atoms with Gasteiger partial charge in [-0.3, -0.25) is 4.79 Å². The molecule has 3 rings (SSSR count). The fourth-order valence-electron chi connectivity index (χ4n) is 4.52. The van der Waals surface area contributed by atoms with Gasteiger partial charge in [0, 0.05) is 6.07 Å². The topological polar surface area (TPSA) is 121 Å². The number of rotatable bonds is 8. The highest BCUT2D eigenvalue weighted by Crippen LogP contribution is 2.45. The molecule has 1 amide bonds. The summed E-state index contributed by atoms with van der Waals surface area (Å²) >= 11 is 0. The van der Waals surface area contributed by atoms with Crippen LogP contribution in [0.1, 0.15) is 56.6 Å². The van der Waals surface area contributed by atoms with Gasteiger partial charge in [0.25, 0.3) is 0 Å². The number of aromatic nitrogens is 1. The highest BCUT2D eigenvalue weighted by molar-refractivity contribution is 7.89. The van der Waals surface area contributed by atoms with Crippen LogP contribution in [0.25, 0.3) is 0 Å². The van der Waals surface area contributed by atoms with Gasteiger partial charge in [0.05, 0.1) is 17.8 Å². The molecular formula is C23H29F2N3O5S. The molecule has 0 unspecified atom stereocenters. The molecule has 186 valence electrons. The fourth-order valence-corrected chi connectivity index (χ4v) is 5.41. The van der Waals surface area contributed by atoms with Crippen LogP contribution in [0.5, 0.6) is 11.8 Å². The predicted molar refractivity (Wildman–Crippen MR) is 124 cm³/mol. The largest absolute Gasteiger partial charge is 0.481 e. The standard InChI is InChI=1S/C23H29F2N3O5S/c1-14(2)16-6-4-5-7-17(16)23(12-10-15(11-13-23)34(26,30)31)21(29)27-18-8-9-19(32-3)28-20(18)33-22(24)25/h4-9,14-15,22H,10-13H2,1-3H3,(H,27,29)(H2,26,30,31). The molecular weight excluding hydrogens is 468 g/mol. The lowest BCUT2D eigenvalue weighted by atomic mass is 9.66. The summed E-state index contributed by atoms with van der Waals surface area (Å²) in [5.74, 6) is -0.799. The minimum Gasteiger partial charge on any atom is -0.481 e. The third kappa shape index (κ3) is 5.47. The molecule has 8 nitrogen and oxygen atoms in total. The van der Waals surface area contributed by atoms with Crippen LogP contribution < -0.4 is 19.9 Å². The monoisotopic (exact) mass is 497 g/mol. The molecule has 1 aromatic heterocycles. The number of primary sulfonamides is 1. The van der Waals surface area contributed by atoms with Gasteiger partial charge >= 0.3 is 6.61 Å². The number of amides is 1. The number of ether oxygens (including phenoxy) is 2. The highest BCUT2D eigenvalue weighted by atomic mass is 32.2. The smallest absolute Gasteiger partial charge is 0.388 e. The van der Waals surface area contributed by atoms with Crippen molar-refractivity contribution in [2.45, 2.75) is 62.7 Å². The summed E-state index contributed by atoms with van der Waals surface area (Å²) in [6.45, 7) is 0.848. The SMILES string of the molecule is COc1ccc(NC(=O)C2(c3ccccc3C(C)C)CCC(S(N)(=O)=O)CC2)c(OC(F)F)n1. The van der Waals surface area contributed by atoms with Crippen LogP contribution in [-0.2, 0) is 20.2 Å². The zero-order valence-electron chi connectivity index (χ0n) is 19.3. The van der Waals surface area contributed by atoms with Crippen molar-refractivity contribution < 1.29 is 31.5 Å². The quantitative estimate of drug-likeness (QED) is 0.570. The number of pyridine rings is 1. The van der Waals surface area contributed by atoms with Gasteiger partial charge in [-0.05, 0) is 48.8 Å². The first-order chi connectivity index (χ1) is 16.0. The van der Waals surface area contributed by atoms with Crippen LogP contribution in [0, 0.1) is 0 Å². The number of sulfonamides is 1. The van der Waals surface area contributed by atoms with Crippen LogP contribution in [0.3, 0.4) is 0 Å². The van der Waals surface area contributed by atoms with Crippen LogP contribution in [0.4, 0.5) is 14.5 Å². The lowest BCUT2D eigenvalue weighted by Gasteiger charge is -2.40. The molecule has 0 atom stereocenters. The van der Waals surface area contributed by atoms with Crippen molar-refractivity contribution in [1.82, 2.24) is 4.98 Å². The molecule has 0 saturated heterocycles. The van der Waals surface area contributed by atoms with Gasteiger partial charge in [-0.15, -0.1) is 0 Å². The van der Waals surface area contributed by atoms with E-state index in [4.69, 9.17) is 9.88 Å². The lowest BCUT2D eigenvalue weighted by molar-refractivity contribution is -0.122. The van der Waals surface area contributed by atoms with E-state index in [9.17, 15) is 22.0 Å². The summed E-state index contributed by atoms with van der Waals surface area (Å²) in [5, 5.41) is 7.32. The maximum Gasteiger partial charge on any atom is 0.388 e. The Morgan fingerprint density at radius 1 is 1.18 bits per heavy atom. The molecule has 1 heterocycles. The summed E-state index contributed by atoms with van der Waals surface area (Å²) in [6, 6.07) is 10.3. The van der Waals surface area contributed by atoms with E-state index in [1.54, 1.807) is 0 Å². The van der Waals surface area contributed by atoms with Gasteiger partial charge in [0.1, 0.15) is 5.69 Å². The molecule has 11 heteroatoms. The first-order valence-corrected chi connectivity index (χ1v) is 12.5. The van der Waals surface area contributed by atoms with Gasteiger partial charge in [-0.2, -0.15) is 13.8 Å². The molecule has 1 aromatic carbocycles. The summed E-state index contributed by atoms with van der Waals surface area (Å²) < 4.78 is 59.3. The van der Waals surface area contributed by atoms with E-state index in [1.807, 2.05) is 38.1 Å². The maximum absolute atomic E-state index is 13.8. The Balaban J connectivity index is 2.04. The number of methoxy groups -OCH3 is 1. The van der Waals surface area contributed by atoms with Gasteiger partial charge in [0.2, 0.25) is 27.7 Å². The Morgan fingerprint density at radius 2 is 1.82 bits per heavy atom.